The molecule has 27 heavy (non-hydrogen) atoms. The summed E-state index contributed by atoms with van der Waals surface area (Å²) >= 11 is 1.56. The van der Waals surface area contributed by atoms with Crippen LogP contribution in [0.4, 0.5) is 0 Å². The summed E-state index contributed by atoms with van der Waals surface area (Å²) in [5.74, 6) is -0.0906. The number of nitrogens with zero attached hydrogens (tertiary/aromatic N) is 4. The SMILES string of the molecule is Cn1cnnc1SCc1ccc(C(=O)N/N=C/c2ccc(O)c(O)c2)cc1. The van der Waals surface area contributed by atoms with Crippen LogP contribution in [0, 0.1) is 0 Å². The Balaban J connectivity index is 1.54. The molecule has 3 N–H and O–H groups in total. The van der Waals surface area contributed by atoms with Crippen molar-refractivity contribution in [3.8, 4) is 11.5 Å². The molecule has 0 saturated heterocycles. The molecule has 8 nitrogen and oxygen atoms in total. The molecule has 3 rings (SSSR count). The number of rotatable bonds is 6. The molecule has 3 aromatic rings. The number of carbonyl (C=O) groups excluding carboxylic acids is 1. The number of amides is 1. The van der Waals surface area contributed by atoms with Crippen molar-refractivity contribution in [3.63, 3.8) is 0 Å². The fourth-order valence-electron chi connectivity index (χ4n) is 2.15. The number of aromatic hydroxyl groups is 2. The van der Waals surface area contributed by atoms with Crippen LogP contribution in [-0.2, 0) is 12.8 Å². The van der Waals surface area contributed by atoms with Gasteiger partial charge in [0, 0.05) is 18.4 Å². The monoisotopic (exact) mass is 383 g/mol. The molecule has 0 fully saturated rings. The Morgan fingerprint density at radius 2 is 2.00 bits per heavy atom. The third-order valence-electron chi connectivity index (χ3n) is 3.63. The first-order valence-electron chi connectivity index (χ1n) is 7.94. The van der Waals surface area contributed by atoms with Crippen molar-refractivity contribution in [3.05, 3.63) is 65.5 Å². The number of carbonyl (C=O) groups is 1. The van der Waals surface area contributed by atoms with Crippen LogP contribution in [0.2, 0.25) is 0 Å². The Labute approximate surface area is 159 Å². The molecule has 138 valence electrons. The number of thioether (sulfide) groups is 1. The molecular weight excluding hydrogens is 366 g/mol. The van der Waals surface area contributed by atoms with Crippen LogP contribution >= 0.6 is 11.8 Å². The molecule has 0 spiro atoms. The van der Waals surface area contributed by atoms with Crippen molar-refractivity contribution in [1.82, 2.24) is 20.2 Å². The zero-order valence-corrected chi connectivity index (χ0v) is 15.2. The van der Waals surface area contributed by atoms with E-state index in [0.29, 0.717) is 11.1 Å². The summed E-state index contributed by atoms with van der Waals surface area (Å²) in [5.41, 5.74) is 4.50. The predicted molar refractivity (Wildman–Crippen MR) is 102 cm³/mol. The van der Waals surface area contributed by atoms with E-state index < -0.39 is 0 Å². The second-order valence-corrected chi connectivity index (χ2v) is 6.60. The van der Waals surface area contributed by atoms with Gasteiger partial charge in [0.2, 0.25) is 0 Å². The summed E-state index contributed by atoms with van der Waals surface area (Å²) in [6, 6.07) is 11.5. The van der Waals surface area contributed by atoms with Crippen molar-refractivity contribution < 1.29 is 15.0 Å². The van der Waals surface area contributed by atoms with E-state index in [9.17, 15) is 15.0 Å². The van der Waals surface area contributed by atoms with Gasteiger partial charge in [0.25, 0.3) is 5.91 Å². The average Bonchev–Trinajstić information content (AvgIpc) is 3.08. The van der Waals surface area contributed by atoms with E-state index in [1.165, 1.54) is 18.3 Å². The average molecular weight is 383 g/mol. The van der Waals surface area contributed by atoms with Crippen LogP contribution in [0.1, 0.15) is 21.5 Å². The maximum Gasteiger partial charge on any atom is 0.271 e. The lowest BCUT2D eigenvalue weighted by molar-refractivity contribution is 0.0955. The summed E-state index contributed by atoms with van der Waals surface area (Å²) in [6.45, 7) is 0. The lowest BCUT2D eigenvalue weighted by atomic mass is 10.1. The van der Waals surface area contributed by atoms with Gasteiger partial charge in [0.1, 0.15) is 6.33 Å². The number of hydrogen-bond acceptors (Lipinski definition) is 7. The first-order valence-corrected chi connectivity index (χ1v) is 8.92. The lowest BCUT2D eigenvalue weighted by Gasteiger charge is -2.04. The summed E-state index contributed by atoms with van der Waals surface area (Å²) in [5, 5.41) is 31.2. The summed E-state index contributed by atoms with van der Waals surface area (Å²) in [7, 11) is 1.88. The van der Waals surface area contributed by atoms with Gasteiger partial charge in [-0.2, -0.15) is 5.10 Å². The standard InChI is InChI=1S/C18H17N5O3S/c1-23-11-20-22-18(23)27-10-12-2-5-14(6-3-12)17(26)21-19-9-13-4-7-15(24)16(25)8-13/h2-9,11,24-25H,10H2,1H3,(H,21,26)/b19-9+. The number of phenols is 2. The van der Waals surface area contributed by atoms with Crippen LogP contribution in [-0.4, -0.2) is 37.1 Å². The van der Waals surface area contributed by atoms with Gasteiger partial charge in [-0.3, -0.25) is 4.79 Å². The van der Waals surface area contributed by atoms with E-state index in [4.69, 9.17) is 0 Å². The highest BCUT2D eigenvalue weighted by Crippen LogP contribution is 2.24. The fraction of sp³-hybridized carbons (Fsp3) is 0.111. The Morgan fingerprint density at radius 1 is 1.22 bits per heavy atom. The number of hydrazone groups is 1. The number of benzene rings is 2. The number of aromatic nitrogens is 3. The third-order valence-corrected chi connectivity index (χ3v) is 4.74. The Kier molecular flexibility index (Phi) is 5.72. The maximum absolute atomic E-state index is 12.1. The Morgan fingerprint density at radius 3 is 2.67 bits per heavy atom. The van der Waals surface area contributed by atoms with Gasteiger partial charge < -0.3 is 14.8 Å². The summed E-state index contributed by atoms with van der Waals surface area (Å²) in [6.07, 6.45) is 3.03. The minimum atomic E-state index is -0.346. The lowest BCUT2D eigenvalue weighted by Crippen LogP contribution is -2.17. The van der Waals surface area contributed by atoms with Crippen LogP contribution in [0.5, 0.6) is 11.5 Å². The van der Waals surface area contributed by atoms with Crippen molar-refractivity contribution in [1.29, 1.82) is 0 Å². The van der Waals surface area contributed by atoms with E-state index in [1.54, 1.807) is 36.3 Å². The highest BCUT2D eigenvalue weighted by Gasteiger charge is 2.06. The molecule has 0 bridgehead atoms. The molecule has 0 saturated carbocycles. The van der Waals surface area contributed by atoms with Crippen LogP contribution in [0.25, 0.3) is 0 Å². The van der Waals surface area contributed by atoms with Crippen molar-refractivity contribution in [2.75, 3.05) is 0 Å². The molecular formula is C18H17N5O3S. The Bertz CT molecular complexity index is 969. The van der Waals surface area contributed by atoms with Crippen LogP contribution < -0.4 is 5.43 Å². The molecule has 1 aromatic heterocycles. The molecule has 2 aromatic carbocycles. The van der Waals surface area contributed by atoms with E-state index >= 15 is 0 Å². The van der Waals surface area contributed by atoms with Crippen LogP contribution in [0.15, 0.2) is 59.0 Å². The maximum atomic E-state index is 12.1. The Hall–Kier alpha value is -3.33. The molecule has 1 heterocycles. The second-order valence-electron chi connectivity index (χ2n) is 5.66. The summed E-state index contributed by atoms with van der Waals surface area (Å²) in [4.78, 5) is 12.1. The predicted octanol–water partition coefficient (Wildman–Crippen LogP) is 2.28. The van der Waals surface area contributed by atoms with E-state index in [0.717, 1.165) is 16.5 Å². The first kappa shape index (κ1) is 18.5. The van der Waals surface area contributed by atoms with Gasteiger partial charge in [-0.15, -0.1) is 10.2 Å². The molecule has 1 amide bonds. The summed E-state index contributed by atoms with van der Waals surface area (Å²) < 4.78 is 1.85. The smallest absolute Gasteiger partial charge is 0.271 e. The van der Waals surface area contributed by atoms with E-state index in [1.807, 2.05) is 23.7 Å². The zero-order valence-electron chi connectivity index (χ0n) is 14.4. The number of hydrogen-bond donors (Lipinski definition) is 3. The van der Waals surface area contributed by atoms with Gasteiger partial charge in [-0.1, -0.05) is 23.9 Å². The molecule has 0 radical (unpaired) electrons. The molecule has 0 unspecified atom stereocenters. The van der Waals surface area contributed by atoms with Gasteiger partial charge in [0.15, 0.2) is 16.7 Å². The number of nitrogens with one attached hydrogen (secondary N) is 1. The van der Waals surface area contributed by atoms with Crippen molar-refractivity contribution >= 4 is 23.9 Å². The normalized spacial score (nSPS) is 11.0. The van der Waals surface area contributed by atoms with Crippen molar-refractivity contribution in [2.45, 2.75) is 10.9 Å². The minimum absolute atomic E-state index is 0.214. The number of aryl methyl sites for hydroxylation is 1. The molecule has 0 aliphatic carbocycles. The molecule has 0 aliphatic rings. The van der Waals surface area contributed by atoms with Gasteiger partial charge >= 0.3 is 0 Å². The fourth-order valence-corrected chi connectivity index (χ4v) is 3.00. The second kappa shape index (κ2) is 8.37. The topological polar surface area (TPSA) is 113 Å². The van der Waals surface area contributed by atoms with Crippen LogP contribution in [0.3, 0.4) is 0 Å². The quantitative estimate of drug-likeness (QED) is 0.261. The first-order chi connectivity index (χ1) is 13.0. The highest BCUT2D eigenvalue weighted by atomic mass is 32.2. The highest BCUT2D eigenvalue weighted by molar-refractivity contribution is 7.98. The molecule has 0 atom stereocenters. The zero-order chi connectivity index (χ0) is 19.2. The van der Waals surface area contributed by atoms with Gasteiger partial charge in [-0.05, 0) is 41.5 Å². The van der Waals surface area contributed by atoms with Gasteiger partial charge in [0.05, 0.1) is 6.21 Å². The van der Waals surface area contributed by atoms with Crippen molar-refractivity contribution in [2.24, 2.45) is 12.1 Å². The largest absolute Gasteiger partial charge is 0.504 e. The molecule has 0 aliphatic heterocycles. The van der Waals surface area contributed by atoms with E-state index in [-0.39, 0.29) is 17.4 Å². The third kappa shape index (κ3) is 4.85. The minimum Gasteiger partial charge on any atom is -0.504 e. The number of phenolic OH excluding ortho intramolecular Hbond substituents is 2. The van der Waals surface area contributed by atoms with Gasteiger partial charge in [-0.25, -0.2) is 5.43 Å². The molecule has 9 heteroatoms. The van der Waals surface area contributed by atoms with E-state index in [2.05, 4.69) is 20.7 Å².